The number of benzene rings is 2. The molecule has 0 atom stereocenters. The maximum absolute atomic E-state index is 13.4. The third-order valence-electron chi connectivity index (χ3n) is 5.19. The van der Waals surface area contributed by atoms with Gasteiger partial charge in [-0.15, -0.1) is 0 Å². The molecule has 0 saturated carbocycles. The standard InChI is InChI=1S/C24H28N4O4/c1-3-4-13-27-22(25)21(23(30)26-24(27)31)28(16-17-9-6-5-7-10-17)20(29)15-18-11-8-12-19(14-18)32-2/h5-12,14H,3-4,13,15-16,25H2,1-2H3,(H,26,30,31). The molecule has 3 N–H and O–H groups in total. The van der Waals surface area contributed by atoms with Crippen molar-refractivity contribution in [3.8, 4) is 5.75 Å². The molecule has 3 rings (SSSR count). The number of carbonyl (C=O) groups excluding carboxylic acids is 1. The van der Waals surface area contributed by atoms with Crippen molar-refractivity contribution >= 4 is 17.4 Å². The Morgan fingerprint density at radius 1 is 1.09 bits per heavy atom. The van der Waals surface area contributed by atoms with Crippen LogP contribution in [0.15, 0.2) is 64.2 Å². The maximum Gasteiger partial charge on any atom is 0.330 e. The molecule has 0 aliphatic heterocycles. The summed E-state index contributed by atoms with van der Waals surface area (Å²) in [6, 6.07) is 16.5. The van der Waals surface area contributed by atoms with Crippen molar-refractivity contribution in [2.75, 3.05) is 17.7 Å². The Morgan fingerprint density at radius 3 is 2.50 bits per heavy atom. The number of nitrogens with one attached hydrogen (secondary N) is 1. The molecular formula is C24H28N4O4. The SMILES string of the molecule is CCCCn1c(N)c(N(Cc2ccccc2)C(=O)Cc2cccc(OC)c2)c(=O)[nH]c1=O. The van der Waals surface area contributed by atoms with Crippen molar-refractivity contribution in [3.63, 3.8) is 0 Å². The number of hydrogen-bond donors (Lipinski definition) is 2. The van der Waals surface area contributed by atoms with Gasteiger partial charge in [-0.1, -0.05) is 55.8 Å². The van der Waals surface area contributed by atoms with Gasteiger partial charge in [-0.2, -0.15) is 0 Å². The van der Waals surface area contributed by atoms with Gasteiger partial charge < -0.3 is 10.5 Å². The second kappa shape index (κ2) is 10.5. The van der Waals surface area contributed by atoms with Gasteiger partial charge in [0.05, 0.1) is 20.1 Å². The van der Waals surface area contributed by atoms with E-state index in [0.717, 1.165) is 17.5 Å². The highest BCUT2D eigenvalue weighted by Crippen LogP contribution is 2.22. The molecule has 168 valence electrons. The lowest BCUT2D eigenvalue weighted by molar-refractivity contribution is -0.118. The Morgan fingerprint density at radius 2 is 1.81 bits per heavy atom. The number of carbonyl (C=O) groups is 1. The van der Waals surface area contributed by atoms with E-state index in [9.17, 15) is 14.4 Å². The summed E-state index contributed by atoms with van der Waals surface area (Å²) in [5.74, 6) is 0.303. The van der Waals surface area contributed by atoms with E-state index in [-0.39, 0.29) is 30.4 Å². The number of methoxy groups -OCH3 is 1. The summed E-state index contributed by atoms with van der Waals surface area (Å²) in [5, 5.41) is 0. The largest absolute Gasteiger partial charge is 0.497 e. The van der Waals surface area contributed by atoms with Gasteiger partial charge in [0.25, 0.3) is 5.56 Å². The number of amides is 1. The first-order valence-corrected chi connectivity index (χ1v) is 10.5. The van der Waals surface area contributed by atoms with Gasteiger partial charge in [0, 0.05) is 6.54 Å². The third-order valence-corrected chi connectivity index (χ3v) is 5.19. The average Bonchev–Trinajstić information content (AvgIpc) is 2.79. The topological polar surface area (TPSA) is 110 Å². The van der Waals surface area contributed by atoms with E-state index in [1.165, 1.54) is 9.47 Å². The molecule has 0 aliphatic carbocycles. The molecule has 8 nitrogen and oxygen atoms in total. The molecule has 1 heterocycles. The van der Waals surface area contributed by atoms with Gasteiger partial charge >= 0.3 is 5.69 Å². The lowest BCUT2D eigenvalue weighted by Gasteiger charge is -2.25. The zero-order chi connectivity index (χ0) is 23.1. The molecule has 2 aromatic carbocycles. The Hall–Kier alpha value is -3.81. The monoisotopic (exact) mass is 436 g/mol. The van der Waals surface area contributed by atoms with Crippen molar-refractivity contribution in [2.45, 2.75) is 39.3 Å². The van der Waals surface area contributed by atoms with Crippen molar-refractivity contribution < 1.29 is 9.53 Å². The van der Waals surface area contributed by atoms with Crippen molar-refractivity contribution in [1.82, 2.24) is 9.55 Å². The number of ether oxygens (including phenoxy) is 1. The van der Waals surface area contributed by atoms with E-state index in [4.69, 9.17) is 10.5 Å². The highest BCUT2D eigenvalue weighted by Gasteiger charge is 2.24. The van der Waals surface area contributed by atoms with E-state index in [1.807, 2.05) is 43.3 Å². The fourth-order valence-corrected chi connectivity index (χ4v) is 3.49. The highest BCUT2D eigenvalue weighted by atomic mass is 16.5. The van der Waals surface area contributed by atoms with Crippen LogP contribution in [0.4, 0.5) is 11.5 Å². The maximum atomic E-state index is 13.4. The number of nitrogen functional groups attached to an aromatic ring is 1. The number of aromatic amines is 1. The quantitative estimate of drug-likeness (QED) is 0.536. The van der Waals surface area contributed by atoms with Gasteiger partial charge in [0.15, 0.2) is 5.69 Å². The first-order valence-electron chi connectivity index (χ1n) is 10.5. The van der Waals surface area contributed by atoms with E-state index in [1.54, 1.807) is 25.3 Å². The van der Waals surface area contributed by atoms with Crippen LogP contribution in [0.2, 0.25) is 0 Å². The van der Waals surface area contributed by atoms with Crippen LogP contribution in [0.1, 0.15) is 30.9 Å². The van der Waals surface area contributed by atoms with Gasteiger partial charge in [-0.3, -0.25) is 24.0 Å². The molecule has 0 aliphatic rings. The minimum absolute atomic E-state index is 0.0119. The molecule has 8 heteroatoms. The Labute approximate surface area is 186 Å². The zero-order valence-electron chi connectivity index (χ0n) is 18.3. The van der Waals surface area contributed by atoms with Crippen molar-refractivity contribution in [3.05, 3.63) is 86.6 Å². The average molecular weight is 437 g/mol. The lowest BCUT2D eigenvalue weighted by Crippen LogP contribution is -2.41. The van der Waals surface area contributed by atoms with E-state index < -0.39 is 11.2 Å². The van der Waals surface area contributed by atoms with Crippen LogP contribution >= 0.6 is 0 Å². The molecular weight excluding hydrogens is 408 g/mol. The van der Waals surface area contributed by atoms with Gasteiger partial charge in [-0.25, -0.2) is 4.79 Å². The number of nitrogens with two attached hydrogens (primary N) is 1. The molecule has 1 aromatic heterocycles. The summed E-state index contributed by atoms with van der Waals surface area (Å²) in [7, 11) is 1.56. The fourth-order valence-electron chi connectivity index (χ4n) is 3.49. The molecule has 0 unspecified atom stereocenters. The number of unbranched alkanes of at least 4 members (excludes halogenated alkanes) is 1. The van der Waals surface area contributed by atoms with Crippen LogP contribution in [0, 0.1) is 0 Å². The number of H-pyrrole nitrogens is 1. The second-order valence-electron chi connectivity index (χ2n) is 7.49. The molecule has 0 saturated heterocycles. The zero-order valence-corrected chi connectivity index (χ0v) is 18.3. The normalized spacial score (nSPS) is 10.7. The summed E-state index contributed by atoms with van der Waals surface area (Å²) in [4.78, 5) is 42.2. The Bertz CT molecular complexity index is 1180. The van der Waals surface area contributed by atoms with E-state index >= 15 is 0 Å². The molecule has 1 amide bonds. The Kier molecular flexibility index (Phi) is 7.49. The number of rotatable bonds is 9. The number of aromatic nitrogens is 2. The molecule has 3 aromatic rings. The summed E-state index contributed by atoms with van der Waals surface area (Å²) in [6.45, 7) is 2.49. The molecule has 0 spiro atoms. The summed E-state index contributed by atoms with van der Waals surface area (Å²) >= 11 is 0. The van der Waals surface area contributed by atoms with Crippen LogP contribution < -0.4 is 26.6 Å². The molecule has 32 heavy (non-hydrogen) atoms. The second-order valence-corrected chi connectivity index (χ2v) is 7.49. The Balaban J connectivity index is 2.05. The highest BCUT2D eigenvalue weighted by molar-refractivity contribution is 5.96. The minimum Gasteiger partial charge on any atom is -0.497 e. The predicted octanol–water partition coefficient (Wildman–Crippen LogP) is 2.70. The first-order chi connectivity index (χ1) is 15.4. The predicted molar refractivity (Wildman–Crippen MR) is 125 cm³/mol. The minimum atomic E-state index is -0.685. The summed E-state index contributed by atoms with van der Waals surface area (Å²) in [6.07, 6.45) is 1.60. The van der Waals surface area contributed by atoms with Crippen LogP contribution in [0.25, 0.3) is 0 Å². The van der Waals surface area contributed by atoms with Crippen LogP contribution in [-0.4, -0.2) is 22.6 Å². The summed E-state index contributed by atoms with van der Waals surface area (Å²) < 4.78 is 6.56. The van der Waals surface area contributed by atoms with Gasteiger partial charge in [0.2, 0.25) is 5.91 Å². The van der Waals surface area contributed by atoms with Crippen molar-refractivity contribution in [2.24, 2.45) is 0 Å². The lowest BCUT2D eigenvalue weighted by atomic mass is 10.1. The number of anilines is 2. The fraction of sp³-hybridized carbons (Fsp3) is 0.292. The van der Waals surface area contributed by atoms with Crippen molar-refractivity contribution in [1.29, 1.82) is 0 Å². The van der Waals surface area contributed by atoms with E-state index in [0.29, 0.717) is 18.7 Å². The molecule has 0 radical (unpaired) electrons. The number of nitrogens with zero attached hydrogens (tertiary/aromatic N) is 2. The number of hydrogen-bond acceptors (Lipinski definition) is 5. The van der Waals surface area contributed by atoms with Gasteiger partial charge in [0.1, 0.15) is 11.6 Å². The van der Waals surface area contributed by atoms with E-state index in [2.05, 4.69) is 4.98 Å². The first kappa shape index (κ1) is 22.9. The van der Waals surface area contributed by atoms with Gasteiger partial charge in [-0.05, 0) is 29.7 Å². The smallest absolute Gasteiger partial charge is 0.330 e. The van der Waals surface area contributed by atoms with Crippen LogP contribution in [0.3, 0.4) is 0 Å². The molecule has 0 fully saturated rings. The third kappa shape index (κ3) is 5.26. The molecule has 0 bridgehead atoms. The van der Waals surface area contributed by atoms with Crippen LogP contribution in [0.5, 0.6) is 5.75 Å². The van der Waals surface area contributed by atoms with Crippen LogP contribution in [-0.2, 0) is 24.3 Å². The summed E-state index contributed by atoms with van der Waals surface area (Å²) in [5.41, 5.74) is 6.57.